The predicted octanol–water partition coefficient (Wildman–Crippen LogP) is 5.54. The maximum absolute atomic E-state index is 10.3. The summed E-state index contributed by atoms with van der Waals surface area (Å²) in [5, 5.41) is 8.50. The van der Waals surface area contributed by atoms with Crippen molar-refractivity contribution in [3.05, 3.63) is 72.9 Å². The molecule has 0 spiro atoms. The summed E-state index contributed by atoms with van der Waals surface area (Å²) in [6.07, 6.45) is 30.1. The molecule has 1 N–H and O–H groups in total. The minimum atomic E-state index is -0.748. The molecule has 3 nitrogen and oxygen atoms in total. The van der Waals surface area contributed by atoms with Gasteiger partial charge >= 0.3 is 5.97 Å². The van der Waals surface area contributed by atoms with Crippen molar-refractivity contribution in [2.45, 2.75) is 57.7 Å². The first-order valence-corrected chi connectivity index (χ1v) is 9.06. The molecule has 1 rings (SSSR count). The second-order valence-corrected chi connectivity index (χ2v) is 5.80. The topological polar surface area (TPSA) is 49.8 Å². The minimum Gasteiger partial charge on any atom is -0.481 e. The Morgan fingerprint density at radius 3 is 2.40 bits per heavy atom. The molecule has 2 atom stereocenters. The maximum atomic E-state index is 10.3. The molecular formula is C22H30O3. The van der Waals surface area contributed by atoms with E-state index >= 15 is 0 Å². The summed E-state index contributed by atoms with van der Waals surface area (Å²) in [4.78, 5) is 10.3. The maximum Gasteiger partial charge on any atom is 0.303 e. The first-order chi connectivity index (χ1) is 12.2. The third kappa shape index (κ3) is 12.9. The highest BCUT2D eigenvalue weighted by atomic mass is 16.6. The fraction of sp³-hybridized carbons (Fsp3) is 0.409. The van der Waals surface area contributed by atoms with Crippen LogP contribution in [0, 0.1) is 0 Å². The monoisotopic (exact) mass is 342 g/mol. The number of hydrogen-bond acceptors (Lipinski definition) is 2. The fourth-order valence-electron chi connectivity index (χ4n) is 2.14. The average molecular weight is 342 g/mol. The van der Waals surface area contributed by atoms with E-state index in [1.54, 1.807) is 0 Å². The van der Waals surface area contributed by atoms with Crippen molar-refractivity contribution in [3.8, 4) is 0 Å². The Labute approximate surface area is 151 Å². The van der Waals surface area contributed by atoms with E-state index in [1.807, 2.05) is 36.5 Å². The first kappa shape index (κ1) is 20.9. The van der Waals surface area contributed by atoms with Crippen LogP contribution < -0.4 is 0 Å². The van der Waals surface area contributed by atoms with Gasteiger partial charge in [0.1, 0.15) is 6.10 Å². The van der Waals surface area contributed by atoms with E-state index in [1.165, 1.54) is 0 Å². The van der Waals surface area contributed by atoms with Crippen molar-refractivity contribution < 1.29 is 14.6 Å². The SMILES string of the molecule is CC/C=C/CC1O[C@H]1/C=C/C=C/C=C/C/C=C/C/C=C/CCC(=O)O. The number of epoxide rings is 1. The van der Waals surface area contributed by atoms with E-state index in [-0.39, 0.29) is 12.5 Å². The van der Waals surface area contributed by atoms with Crippen LogP contribution in [0.1, 0.15) is 45.4 Å². The van der Waals surface area contributed by atoms with E-state index in [0.29, 0.717) is 12.5 Å². The van der Waals surface area contributed by atoms with Gasteiger partial charge in [0.15, 0.2) is 0 Å². The van der Waals surface area contributed by atoms with Crippen LogP contribution in [0.5, 0.6) is 0 Å². The van der Waals surface area contributed by atoms with Crippen LogP contribution in [0.25, 0.3) is 0 Å². The van der Waals surface area contributed by atoms with Gasteiger partial charge in [-0.25, -0.2) is 0 Å². The lowest BCUT2D eigenvalue weighted by Gasteiger charge is -1.86. The molecule has 3 heteroatoms. The van der Waals surface area contributed by atoms with Gasteiger partial charge in [-0.2, -0.15) is 0 Å². The second-order valence-electron chi connectivity index (χ2n) is 5.80. The van der Waals surface area contributed by atoms with Crippen molar-refractivity contribution in [2.75, 3.05) is 0 Å². The summed E-state index contributed by atoms with van der Waals surface area (Å²) in [6, 6.07) is 0. The molecule has 136 valence electrons. The van der Waals surface area contributed by atoms with Crippen molar-refractivity contribution in [3.63, 3.8) is 0 Å². The summed E-state index contributed by atoms with van der Waals surface area (Å²) in [5.41, 5.74) is 0. The van der Waals surface area contributed by atoms with Crippen molar-refractivity contribution in [1.82, 2.24) is 0 Å². The molecule has 1 saturated heterocycles. The molecule has 1 unspecified atom stereocenters. The molecule has 0 aliphatic carbocycles. The zero-order valence-electron chi connectivity index (χ0n) is 15.1. The summed E-state index contributed by atoms with van der Waals surface area (Å²) < 4.78 is 5.55. The number of carboxylic acid groups (broad SMARTS) is 1. The predicted molar refractivity (Wildman–Crippen MR) is 105 cm³/mol. The molecular weight excluding hydrogens is 312 g/mol. The Bertz CT molecular complexity index is 535. The lowest BCUT2D eigenvalue weighted by Crippen LogP contribution is -1.91. The van der Waals surface area contributed by atoms with Gasteiger partial charge in [0, 0.05) is 6.42 Å². The molecule has 0 amide bonds. The van der Waals surface area contributed by atoms with Gasteiger partial charge in [0.2, 0.25) is 0 Å². The van der Waals surface area contributed by atoms with Crippen LogP contribution >= 0.6 is 0 Å². The van der Waals surface area contributed by atoms with Gasteiger partial charge in [-0.15, -0.1) is 0 Å². The van der Waals surface area contributed by atoms with Crippen molar-refractivity contribution >= 4 is 5.97 Å². The molecule has 25 heavy (non-hydrogen) atoms. The third-order valence-corrected chi connectivity index (χ3v) is 3.57. The molecule has 0 saturated carbocycles. The van der Waals surface area contributed by atoms with E-state index in [2.05, 4.69) is 43.4 Å². The smallest absolute Gasteiger partial charge is 0.303 e. The number of rotatable bonds is 13. The summed E-state index contributed by atoms with van der Waals surface area (Å²) in [7, 11) is 0. The Hall–Kier alpha value is -2.13. The number of ether oxygens (including phenoxy) is 1. The largest absolute Gasteiger partial charge is 0.481 e. The summed E-state index contributed by atoms with van der Waals surface area (Å²) in [5.74, 6) is -0.748. The van der Waals surface area contributed by atoms with Gasteiger partial charge in [0.05, 0.1) is 6.10 Å². The summed E-state index contributed by atoms with van der Waals surface area (Å²) >= 11 is 0. The molecule has 0 aromatic rings. The molecule has 1 aliphatic heterocycles. The van der Waals surface area contributed by atoms with Gasteiger partial charge in [0.25, 0.3) is 0 Å². The molecule has 1 aliphatic rings. The number of allylic oxidation sites excluding steroid dienone is 10. The van der Waals surface area contributed by atoms with Crippen LogP contribution in [-0.4, -0.2) is 23.3 Å². The first-order valence-electron chi connectivity index (χ1n) is 9.06. The number of carbonyl (C=O) groups is 1. The van der Waals surface area contributed by atoms with Gasteiger partial charge in [-0.1, -0.05) is 79.8 Å². The van der Waals surface area contributed by atoms with Crippen LogP contribution in [0.4, 0.5) is 0 Å². The van der Waals surface area contributed by atoms with Gasteiger partial charge < -0.3 is 9.84 Å². The van der Waals surface area contributed by atoms with Crippen LogP contribution in [0.15, 0.2) is 72.9 Å². The zero-order valence-corrected chi connectivity index (χ0v) is 15.1. The van der Waals surface area contributed by atoms with E-state index in [4.69, 9.17) is 9.84 Å². The Balaban J connectivity index is 2.01. The minimum absolute atomic E-state index is 0.202. The summed E-state index contributed by atoms with van der Waals surface area (Å²) in [6.45, 7) is 2.14. The highest BCUT2D eigenvalue weighted by molar-refractivity contribution is 5.66. The molecule has 1 fully saturated rings. The second kappa shape index (κ2) is 14.2. The molecule has 0 aromatic heterocycles. The van der Waals surface area contributed by atoms with Gasteiger partial charge in [-0.05, 0) is 32.1 Å². The number of carboxylic acids is 1. The van der Waals surface area contributed by atoms with Crippen molar-refractivity contribution in [2.24, 2.45) is 0 Å². The quantitative estimate of drug-likeness (QED) is 0.272. The normalized spacial score (nSPS) is 21.2. The standard InChI is InChI=1S/C22H30O3/c1-2-3-14-17-20-21(25-20)18-15-12-10-8-6-4-5-7-9-11-13-16-19-22(23)24/h3,5-8,10-15,18,20-21H,2,4,9,16-17,19H2,1H3,(H,23,24)/b7-5+,8-6+,12-10+,13-11+,14-3+,18-15+/t20?,21-/m0/s1. The van der Waals surface area contributed by atoms with E-state index < -0.39 is 5.97 Å². The molecule has 0 aromatic carbocycles. The van der Waals surface area contributed by atoms with Gasteiger partial charge in [-0.3, -0.25) is 4.79 Å². The molecule has 1 heterocycles. The Morgan fingerprint density at radius 1 is 0.920 bits per heavy atom. The highest BCUT2D eigenvalue weighted by Gasteiger charge is 2.34. The zero-order chi connectivity index (χ0) is 18.2. The Morgan fingerprint density at radius 2 is 1.64 bits per heavy atom. The Kier molecular flexibility index (Phi) is 11.9. The average Bonchev–Trinajstić information content (AvgIpc) is 3.33. The molecule has 0 bridgehead atoms. The van der Waals surface area contributed by atoms with Crippen molar-refractivity contribution in [1.29, 1.82) is 0 Å². The lowest BCUT2D eigenvalue weighted by molar-refractivity contribution is -0.136. The van der Waals surface area contributed by atoms with Crippen LogP contribution in [0.2, 0.25) is 0 Å². The highest BCUT2D eigenvalue weighted by Crippen LogP contribution is 2.26. The van der Waals surface area contributed by atoms with Crippen LogP contribution in [0.3, 0.4) is 0 Å². The van der Waals surface area contributed by atoms with Crippen LogP contribution in [-0.2, 0) is 9.53 Å². The lowest BCUT2D eigenvalue weighted by atomic mass is 10.2. The fourth-order valence-corrected chi connectivity index (χ4v) is 2.14. The number of hydrogen-bond donors (Lipinski definition) is 1. The van der Waals surface area contributed by atoms with E-state index in [0.717, 1.165) is 25.7 Å². The van der Waals surface area contributed by atoms with E-state index in [9.17, 15) is 4.79 Å². The third-order valence-electron chi connectivity index (χ3n) is 3.57. The number of aliphatic carboxylic acids is 1. The molecule has 0 radical (unpaired) electrons.